The second-order valence-electron chi connectivity index (χ2n) is 5.93. The highest BCUT2D eigenvalue weighted by molar-refractivity contribution is 5.93. The number of rotatable bonds is 5. The van der Waals surface area contributed by atoms with Crippen molar-refractivity contribution in [1.82, 2.24) is 10.3 Å². The number of aromatic nitrogens is 1. The van der Waals surface area contributed by atoms with Gasteiger partial charge in [-0.1, -0.05) is 12.1 Å². The second-order valence-corrected chi connectivity index (χ2v) is 5.93. The molecular weight excluding hydrogens is 308 g/mol. The van der Waals surface area contributed by atoms with Gasteiger partial charge in [0.2, 0.25) is 0 Å². The van der Waals surface area contributed by atoms with Crippen molar-refractivity contribution < 1.29 is 18.7 Å². The molecule has 128 valence electrons. The van der Waals surface area contributed by atoms with Crippen LogP contribution >= 0.6 is 0 Å². The Hall–Kier alpha value is -2.34. The van der Waals surface area contributed by atoms with E-state index in [-0.39, 0.29) is 11.9 Å². The zero-order valence-electron chi connectivity index (χ0n) is 14.0. The minimum atomic E-state index is -0.214. The zero-order valence-corrected chi connectivity index (χ0v) is 14.0. The summed E-state index contributed by atoms with van der Waals surface area (Å²) in [6.07, 6.45) is 3.12. The maximum absolute atomic E-state index is 12.6. The molecule has 1 aromatic heterocycles. The minimum Gasteiger partial charge on any atom is -0.497 e. The Morgan fingerprint density at radius 1 is 1.29 bits per heavy atom. The quantitative estimate of drug-likeness (QED) is 0.912. The van der Waals surface area contributed by atoms with Crippen LogP contribution in [0.5, 0.6) is 5.75 Å². The summed E-state index contributed by atoms with van der Waals surface area (Å²) in [6.45, 7) is 3.17. The number of hydrogen-bond donors (Lipinski definition) is 1. The van der Waals surface area contributed by atoms with E-state index in [9.17, 15) is 4.79 Å². The van der Waals surface area contributed by atoms with E-state index >= 15 is 0 Å². The van der Waals surface area contributed by atoms with Crippen LogP contribution in [0.15, 0.2) is 35.1 Å². The Balaban J connectivity index is 1.83. The van der Waals surface area contributed by atoms with Gasteiger partial charge in [-0.15, -0.1) is 0 Å². The highest BCUT2D eigenvalue weighted by Gasteiger charge is 2.28. The van der Waals surface area contributed by atoms with Crippen molar-refractivity contribution in [3.63, 3.8) is 0 Å². The average molecular weight is 330 g/mol. The van der Waals surface area contributed by atoms with Crippen LogP contribution in [0.3, 0.4) is 0 Å². The Labute approximate surface area is 141 Å². The number of nitrogens with zero attached hydrogens (tertiary/aromatic N) is 1. The molecule has 6 heteroatoms. The second kappa shape index (κ2) is 7.49. The van der Waals surface area contributed by atoms with Gasteiger partial charge in [-0.3, -0.25) is 4.79 Å². The van der Waals surface area contributed by atoms with E-state index in [1.165, 1.54) is 6.39 Å². The van der Waals surface area contributed by atoms with Crippen LogP contribution < -0.4 is 10.1 Å². The van der Waals surface area contributed by atoms with Gasteiger partial charge in [-0.2, -0.15) is 0 Å². The smallest absolute Gasteiger partial charge is 0.274 e. The maximum Gasteiger partial charge on any atom is 0.274 e. The fraction of sp³-hybridized carbons (Fsp3) is 0.444. The summed E-state index contributed by atoms with van der Waals surface area (Å²) in [4.78, 5) is 16.6. The third kappa shape index (κ3) is 3.59. The first-order valence-corrected chi connectivity index (χ1v) is 8.11. The van der Waals surface area contributed by atoms with E-state index in [2.05, 4.69) is 10.3 Å². The van der Waals surface area contributed by atoms with Gasteiger partial charge >= 0.3 is 0 Å². The van der Waals surface area contributed by atoms with Crippen LogP contribution in [0.2, 0.25) is 0 Å². The predicted molar refractivity (Wildman–Crippen MR) is 88.0 cm³/mol. The highest BCUT2D eigenvalue weighted by atomic mass is 16.5. The number of ether oxygens (including phenoxy) is 2. The molecule has 1 atom stereocenters. The normalized spacial score (nSPS) is 16.6. The highest BCUT2D eigenvalue weighted by Crippen LogP contribution is 2.31. The Kier molecular flexibility index (Phi) is 5.15. The van der Waals surface area contributed by atoms with Crippen molar-refractivity contribution in [2.24, 2.45) is 5.92 Å². The van der Waals surface area contributed by atoms with E-state index in [1.807, 2.05) is 24.3 Å². The maximum atomic E-state index is 12.6. The number of carbonyl (C=O) groups excluding carboxylic acids is 1. The van der Waals surface area contributed by atoms with Crippen molar-refractivity contribution >= 4 is 5.91 Å². The van der Waals surface area contributed by atoms with Gasteiger partial charge < -0.3 is 19.2 Å². The van der Waals surface area contributed by atoms with Crippen LogP contribution in [0.25, 0.3) is 0 Å². The number of hydrogen-bond acceptors (Lipinski definition) is 5. The van der Waals surface area contributed by atoms with Gasteiger partial charge in [-0.05, 0) is 43.4 Å². The van der Waals surface area contributed by atoms with Crippen LogP contribution in [-0.4, -0.2) is 31.2 Å². The standard InChI is InChI=1S/C18H22N2O4/c1-12-16(19-11-24-12)18(21)20-17(14-7-9-23-10-8-14)13-3-5-15(22-2)6-4-13/h3-6,11,14,17H,7-10H2,1-2H3,(H,20,21). The van der Waals surface area contributed by atoms with Crippen LogP contribution in [0.4, 0.5) is 0 Å². The third-order valence-electron chi connectivity index (χ3n) is 4.46. The largest absolute Gasteiger partial charge is 0.497 e. The molecule has 0 spiro atoms. The number of nitrogens with one attached hydrogen (secondary N) is 1. The summed E-state index contributed by atoms with van der Waals surface area (Å²) in [7, 11) is 1.64. The zero-order chi connectivity index (χ0) is 16.9. The lowest BCUT2D eigenvalue weighted by Gasteiger charge is -2.31. The van der Waals surface area contributed by atoms with Crippen LogP contribution in [0.1, 0.15) is 40.7 Å². The minimum absolute atomic E-state index is 0.0941. The first-order chi connectivity index (χ1) is 11.7. The van der Waals surface area contributed by atoms with Gasteiger partial charge in [-0.25, -0.2) is 4.98 Å². The van der Waals surface area contributed by atoms with E-state index in [1.54, 1.807) is 14.0 Å². The third-order valence-corrected chi connectivity index (χ3v) is 4.46. The molecule has 1 fully saturated rings. The lowest BCUT2D eigenvalue weighted by Crippen LogP contribution is -2.36. The van der Waals surface area contributed by atoms with Crippen molar-refractivity contribution in [2.45, 2.75) is 25.8 Å². The Bertz CT molecular complexity index is 675. The Morgan fingerprint density at radius 2 is 2.00 bits per heavy atom. The summed E-state index contributed by atoms with van der Waals surface area (Å²) in [5.41, 5.74) is 1.39. The molecular formula is C18H22N2O4. The molecule has 1 saturated heterocycles. The number of benzene rings is 1. The monoisotopic (exact) mass is 330 g/mol. The van der Waals surface area contributed by atoms with Crippen molar-refractivity contribution in [3.8, 4) is 5.75 Å². The topological polar surface area (TPSA) is 73.6 Å². The molecule has 0 aliphatic carbocycles. The Morgan fingerprint density at radius 3 is 2.58 bits per heavy atom. The molecule has 0 radical (unpaired) electrons. The molecule has 1 N–H and O–H groups in total. The fourth-order valence-corrected chi connectivity index (χ4v) is 3.07. The van der Waals surface area contributed by atoms with E-state index < -0.39 is 0 Å². The van der Waals surface area contributed by atoms with Gasteiger partial charge in [0.25, 0.3) is 5.91 Å². The first-order valence-electron chi connectivity index (χ1n) is 8.11. The lowest BCUT2D eigenvalue weighted by atomic mass is 9.87. The lowest BCUT2D eigenvalue weighted by molar-refractivity contribution is 0.0513. The molecule has 0 bridgehead atoms. The summed E-state index contributed by atoms with van der Waals surface area (Å²) < 4.78 is 15.8. The van der Waals surface area contributed by atoms with Crippen LogP contribution in [-0.2, 0) is 4.74 Å². The molecule has 1 aromatic carbocycles. The molecule has 1 aliphatic rings. The molecule has 24 heavy (non-hydrogen) atoms. The van der Waals surface area contributed by atoms with E-state index in [0.717, 1.165) is 37.4 Å². The first kappa shape index (κ1) is 16.5. The summed E-state index contributed by atoms with van der Waals surface area (Å²) in [6, 6.07) is 7.72. The number of amides is 1. The van der Waals surface area contributed by atoms with Crippen molar-refractivity contribution in [3.05, 3.63) is 47.7 Å². The summed E-state index contributed by atoms with van der Waals surface area (Å²) >= 11 is 0. The molecule has 1 amide bonds. The SMILES string of the molecule is COc1ccc(C(NC(=O)c2ncoc2C)C2CCOCC2)cc1. The molecule has 2 heterocycles. The van der Waals surface area contributed by atoms with Crippen LogP contribution in [0, 0.1) is 12.8 Å². The molecule has 1 aliphatic heterocycles. The number of carbonyl (C=O) groups is 1. The van der Waals surface area contributed by atoms with Crippen molar-refractivity contribution in [2.75, 3.05) is 20.3 Å². The van der Waals surface area contributed by atoms with Gasteiger partial charge in [0.1, 0.15) is 11.5 Å². The molecule has 1 unspecified atom stereocenters. The molecule has 0 saturated carbocycles. The average Bonchev–Trinajstić information content (AvgIpc) is 3.06. The van der Waals surface area contributed by atoms with E-state index in [4.69, 9.17) is 13.9 Å². The number of methoxy groups -OCH3 is 1. The van der Waals surface area contributed by atoms with E-state index in [0.29, 0.717) is 17.4 Å². The number of aryl methyl sites for hydroxylation is 1. The molecule has 6 nitrogen and oxygen atoms in total. The van der Waals surface area contributed by atoms with Gasteiger partial charge in [0, 0.05) is 13.2 Å². The molecule has 3 rings (SSSR count). The molecule has 2 aromatic rings. The summed E-state index contributed by atoms with van der Waals surface area (Å²) in [5.74, 6) is 1.42. The fourth-order valence-electron chi connectivity index (χ4n) is 3.07. The van der Waals surface area contributed by atoms with Gasteiger partial charge in [0.05, 0.1) is 13.2 Å². The van der Waals surface area contributed by atoms with Gasteiger partial charge in [0.15, 0.2) is 12.1 Å². The summed E-state index contributed by atoms with van der Waals surface area (Å²) in [5, 5.41) is 3.13. The van der Waals surface area contributed by atoms with Crippen molar-refractivity contribution in [1.29, 1.82) is 0 Å². The number of oxazole rings is 1. The predicted octanol–water partition coefficient (Wildman–Crippen LogP) is 2.89.